The normalized spacial score (nSPS) is 25.0. The van der Waals surface area contributed by atoms with Gasteiger partial charge in [-0.1, -0.05) is 149 Å². The molecule has 5 atom stereocenters. The first-order chi connectivity index (χ1) is 22.4. The minimum Gasteiger partial charge on any atom is -0.453 e. The van der Waals surface area contributed by atoms with Crippen molar-refractivity contribution < 1.29 is 23.9 Å². The van der Waals surface area contributed by atoms with Gasteiger partial charge in [0.15, 0.2) is 17.3 Å². The van der Waals surface area contributed by atoms with Gasteiger partial charge in [0.25, 0.3) is 0 Å². The van der Waals surface area contributed by atoms with Gasteiger partial charge >= 0.3 is 5.97 Å². The highest BCUT2D eigenvalue weighted by molar-refractivity contribution is 9.10. The number of carbonyl (C=O) groups is 4. The molecule has 46 heavy (non-hydrogen) atoms. The van der Waals surface area contributed by atoms with Gasteiger partial charge in [-0.05, 0) is 23.3 Å². The predicted octanol–water partition coefficient (Wildman–Crippen LogP) is 8.04. The van der Waals surface area contributed by atoms with Crippen molar-refractivity contribution in [2.75, 3.05) is 0 Å². The van der Waals surface area contributed by atoms with Crippen LogP contribution in [0.5, 0.6) is 0 Å². The lowest BCUT2D eigenvalue weighted by Gasteiger charge is -2.62. The fourth-order valence-corrected chi connectivity index (χ4v) is 7.92. The number of hydrogen-bond acceptors (Lipinski definition) is 5. The average molecular weight is 670 g/mol. The maximum atomic E-state index is 15.1. The molecule has 8 rings (SSSR count). The van der Waals surface area contributed by atoms with Crippen LogP contribution in [0.2, 0.25) is 0 Å². The minimum atomic E-state index is -1.80. The molecule has 1 unspecified atom stereocenters. The molecule has 3 aliphatic rings. The average Bonchev–Trinajstić information content (AvgIpc) is 3.12. The summed E-state index contributed by atoms with van der Waals surface area (Å²) in [6.07, 6.45) is 0.0222. The van der Waals surface area contributed by atoms with Gasteiger partial charge in [0.1, 0.15) is 11.0 Å². The van der Waals surface area contributed by atoms with Gasteiger partial charge in [0, 0.05) is 33.5 Å². The molecule has 5 nitrogen and oxygen atoms in total. The summed E-state index contributed by atoms with van der Waals surface area (Å²) in [6, 6.07) is 42.5. The minimum absolute atomic E-state index is 0.0222. The first-order valence-electron chi connectivity index (χ1n) is 15.2. The number of rotatable bonds is 8. The van der Waals surface area contributed by atoms with E-state index in [9.17, 15) is 14.4 Å². The summed E-state index contributed by atoms with van der Waals surface area (Å²) in [5.74, 6) is -5.10. The molecule has 0 radical (unpaired) electrons. The number of ketones is 3. The van der Waals surface area contributed by atoms with Gasteiger partial charge in [0.05, 0.1) is 11.8 Å². The van der Waals surface area contributed by atoms with E-state index in [0.717, 1.165) is 4.47 Å². The molecule has 226 valence electrons. The van der Waals surface area contributed by atoms with Crippen molar-refractivity contribution in [3.05, 3.63) is 178 Å². The van der Waals surface area contributed by atoms with Crippen LogP contribution < -0.4 is 0 Å². The summed E-state index contributed by atoms with van der Waals surface area (Å²) in [7, 11) is 0. The Morgan fingerprint density at radius 2 is 0.978 bits per heavy atom. The van der Waals surface area contributed by atoms with E-state index in [1.165, 1.54) is 0 Å². The number of Topliss-reactive ketones (excluding diaryl/α,β-unsaturated/α-hetero) is 3. The second-order valence-corrected chi connectivity index (χ2v) is 12.8. The van der Waals surface area contributed by atoms with Crippen LogP contribution >= 0.6 is 15.9 Å². The van der Waals surface area contributed by atoms with Crippen molar-refractivity contribution in [1.82, 2.24) is 0 Å². The van der Waals surface area contributed by atoms with E-state index in [4.69, 9.17) is 4.74 Å². The number of esters is 1. The van der Waals surface area contributed by atoms with Crippen molar-refractivity contribution in [2.45, 2.75) is 17.4 Å². The molecule has 2 bridgehead atoms. The highest BCUT2D eigenvalue weighted by atomic mass is 79.9. The number of fused-ring (bicyclic) bond motifs is 3. The quantitative estimate of drug-likeness (QED) is 0.124. The lowest BCUT2D eigenvalue weighted by molar-refractivity contribution is -0.220. The zero-order valence-electron chi connectivity index (χ0n) is 24.7. The van der Waals surface area contributed by atoms with E-state index in [-0.39, 0.29) is 23.8 Å². The lowest BCUT2D eigenvalue weighted by Crippen LogP contribution is -2.73. The zero-order chi connectivity index (χ0) is 31.9. The van der Waals surface area contributed by atoms with Crippen LogP contribution in [0.25, 0.3) is 0 Å². The zero-order valence-corrected chi connectivity index (χ0v) is 26.3. The number of halogens is 1. The van der Waals surface area contributed by atoms with E-state index in [2.05, 4.69) is 15.9 Å². The maximum Gasteiger partial charge on any atom is 0.319 e. The van der Waals surface area contributed by atoms with Crippen molar-refractivity contribution in [3.63, 3.8) is 0 Å². The van der Waals surface area contributed by atoms with Gasteiger partial charge in [-0.25, -0.2) is 0 Å². The Labute approximate surface area is 275 Å². The first-order valence-corrected chi connectivity index (χ1v) is 16.0. The van der Waals surface area contributed by atoms with Crippen molar-refractivity contribution in [2.24, 2.45) is 17.8 Å². The SMILES string of the molecule is O=C(c1ccccc1)C1C[C@]2(c3ccccc3)OC(=O)[C@]1(c1ccc(Br)cc1)[C@H](C(=O)c1ccccc1)[C@@H]2C(=O)c1ccccc1. The third-order valence-electron chi connectivity index (χ3n) is 9.64. The molecule has 1 saturated carbocycles. The van der Waals surface area contributed by atoms with Crippen LogP contribution in [0.3, 0.4) is 0 Å². The second kappa shape index (κ2) is 11.8. The van der Waals surface area contributed by atoms with E-state index in [1.807, 2.05) is 48.5 Å². The van der Waals surface area contributed by atoms with Crippen LogP contribution in [0, 0.1) is 17.8 Å². The Morgan fingerprint density at radius 1 is 0.543 bits per heavy atom. The summed E-state index contributed by atoms with van der Waals surface area (Å²) in [5, 5.41) is 0. The van der Waals surface area contributed by atoms with Crippen molar-refractivity contribution in [1.29, 1.82) is 0 Å². The molecule has 0 spiro atoms. The molecule has 2 saturated heterocycles. The third-order valence-corrected chi connectivity index (χ3v) is 10.2. The monoisotopic (exact) mass is 668 g/mol. The van der Waals surface area contributed by atoms with Crippen LogP contribution in [0.15, 0.2) is 150 Å². The third kappa shape index (κ3) is 4.59. The fraction of sp³-hybridized carbons (Fsp3) is 0.150. The smallest absolute Gasteiger partial charge is 0.319 e. The Bertz CT molecular complexity index is 1930. The number of benzene rings is 5. The van der Waals surface area contributed by atoms with E-state index in [0.29, 0.717) is 27.8 Å². The maximum absolute atomic E-state index is 15.1. The number of hydrogen-bond donors (Lipinski definition) is 0. The summed E-state index contributed by atoms with van der Waals surface area (Å²) < 4.78 is 7.32. The Hall–Kier alpha value is -4.94. The molecule has 6 heteroatoms. The van der Waals surface area contributed by atoms with Gasteiger partial charge in [-0.15, -0.1) is 0 Å². The lowest BCUT2D eigenvalue weighted by atomic mass is 9.43. The largest absolute Gasteiger partial charge is 0.453 e. The summed E-state index contributed by atoms with van der Waals surface area (Å²) in [4.78, 5) is 59.9. The molecule has 0 amide bonds. The molecule has 1 aliphatic carbocycles. The summed E-state index contributed by atoms with van der Waals surface area (Å²) >= 11 is 3.50. The van der Waals surface area contributed by atoms with Crippen molar-refractivity contribution in [3.8, 4) is 0 Å². The predicted molar refractivity (Wildman–Crippen MR) is 177 cm³/mol. The molecule has 0 N–H and O–H groups in total. The topological polar surface area (TPSA) is 77.5 Å². The van der Waals surface area contributed by atoms with E-state index >= 15 is 4.79 Å². The summed E-state index contributed by atoms with van der Waals surface area (Å²) in [6.45, 7) is 0. The van der Waals surface area contributed by atoms with E-state index < -0.39 is 34.7 Å². The number of ether oxygens (including phenoxy) is 1. The Balaban J connectivity index is 1.59. The van der Waals surface area contributed by atoms with Crippen molar-refractivity contribution >= 4 is 39.2 Å². The summed E-state index contributed by atoms with van der Waals surface area (Å²) in [5.41, 5.74) is -1.20. The standard InChI is InChI=1S/C40H29BrO5/c41-31-23-21-30(22-24-31)40-32(35(42)26-13-5-1-6-14-26)25-39(46-38(40)45,29-19-11-4-12-20-29)33(36(43)27-15-7-2-8-16-27)34(40)37(44)28-17-9-3-10-18-28/h1-24,32-34H,25H2/t32?,33-,34+,39-,40+/m1/s1. The molecule has 2 heterocycles. The first kappa shape index (κ1) is 29.8. The van der Waals surface area contributed by atoms with Crippen LogP contribution in [-0.2, 0) is 20.5 Å². The van der Waals surface area contributed by atoms with Gasteiger partial charge in [0.2, 0.25) is 0 Å². The Kier molecular flexibility index (Phi) is 7.61. The van der Waals surface area contributed by atoms with E-state index in [1.54, 1.807) is 97.1 Å². The van der Waals surface area contributed by atoms with Crippen LogP contribution in [-0.4, -0.2) is 23.3 Å². The number of carbonyl (C=O) groups excluding carboxylic acids is 4. The highest BCUT2D eigenvalue weighted by Gasteiger charge is 2.76. The highest BCUT2D eigenvalue weighted by Crippen LogP contribution is 2.65. The van der Waals surface area contributed by atoms with Gasteiger partial charge in [-0.3, -0.25) is 19.2 Å². The molecule has 0 aromatic heterocycles. The fourth-order valence-electron chi connectivity index (χ4n) is 7.65. The Morgan fingerprint density at radius 3 is 1.48 bits per heavy atom. The molecule has 5 aromatic carbocycles. The van der Waals surface area contributed by atoms with Gasteiger partial charge in [-0.2, -0.15) is 0 Å². The van der Waals surface area contributed by atoms with Crippen LogP contribution in [0.1, 0.15) is 48.6 Å². The second-order valence-electron chi connectivity index (χ2n) is 11.9. The molecular formula is C40H29BrO5. The molecule has 3 fully saturated rings. The van der Waals surface area contributed by atoms with Crippen LogP contribution in [0.4, 0.5) is 0 Å². The van der Waals surface area contributed by atoms with Gasteiger partial charge < -0.3 is 4.74 Å². The molecule has 2 aliphatic heterocycles. The molecule has 5 aromatic rings. The molecular weight excluding hydrogens is 640 g/mol.